The van der Waals surface area contributed by atoms with Crippen LogP contribution in [0.1, 0.15) is 17.2 Å². The fourth-order valence-corrected chi connectivity index (χ4v) is 2.35. The van der Waals surface area contributed by atoms with Crippen LogP contribution in [-0.4, -0.2) is 35.6 Å². The zero-order valence-electron chi connectivity index (χ0n) is 13.2. The van der Waals surface area contributed by atoms with Crippen LogP contribution in [0, 0.1) is 10.1 Å². The van der Waals surface area contributed by atoms with Gasteiger partial charge in [0.15, 0.2) is 0 Å². The number of nitro groups is 1. The molecular weight excluding hydrogens is 296 g/mol. The Kier molecular flexibility index (Phi) is 5.67. The molecule has 0 radical (unpaired) electrons. The van der Waals surface area contributed by atoms with Crippen LogP contribution in [0.15, 0.2) is 48.5 Å². The minimum absolute atomic E-state index is 0.0145. The second kappa shape index (κ2) is 7.71. The molecule has 2 aromatic carbocycles. The monoisotopic (exact) mass is 316 g/mol. The first kappa shape index (κ1) is 16.9. The summed E-state index contributed by atoms with van der Waals surface area (Å²) in [6.07, 6.45) is -0.779. The highest BCUT2D eigenvalue weighted by Gasteiger charge is 2.14. The number of non-ortho nitro benzene ring substituents is 1. The third-order valence-corrected chi connectivity index (χ3v) is 3.56. The van der Waals surface area contributed by atoms with Crippen LogP contribution < -0.4 is 4.74 Å². The van der Waals surface area contributed by atoms with Crippen LogP contribution in [0.5, 0.6) is 5.75 Å². The number of rotatable bonds is 7. The van der Waals surface area contributed by atoms with E-state index in [1.54, 1.807) is 19.2 Å². The van der Waals surface area contributed by atoms with Crippen molar-refractivity contribution in [2.45, 2.75) is 12.6 Å². The largest absolute Gasteiger partial charge is 0.497 e. The Hall–Kier alpha value is -2.44. The summed E-state index contributed by atoms with van der Waals surface area (Å²) in [6.45, 7) is 1.04. The molecule has 0 spiro atoms. The van der Waals surface area contributed by atoms with Gasteiger partial charge >= 0.3 is 0 Å². The standard InChI is InChI=1S/C17H20N2O4/c1-18(11-13-6-8-16(23-2)9-7-13)12-17(20)14-4-3-5-15(10-14)19(21)22/h3-10,17,20H,11-12H2,1-2H3. The van der Waals surface area contributed by atoms with Crippen molar-refractivity contribution in [3.8, 4) is 5.75 Å². The van der Waals surface area contributed by atoms with Crippen LogP contribution in [0.2, 0.25) is 0 Å². The molecule has 1 unspecified atom stereocenters. The lowest BCUT2D eigenvalue weighted by molar-refractivity contribution is -0.385. The molecule has 0 saturated heterocycles. The Balaban J connectivity index is 1.97. The molecule has 1 N–H and O–H groups in total. The van der Waals surface area contributed by atoms with E-state index in [-0.39, 0.29) is 5.69 Å². The molecule has 2 rings (SSSR count). The number of hydrogen-bond acceptors (Lipinski definition) is 5. The van der Waals surface area contributed by atoms with E-state index >= 15 is 0 Å². The van der Waals surface area contributed by atoms with E-state index in [1.807, 2.05) is 36.2 Å². The second-order valence-corrected chi connectivity index (χ2v) is 5.41. The van der Waals surface area contributed by atoms with Gasteiger partial charge in [0.2, 0.25) is 0 Å². The van der Waals surface area contributed by atoms with Gasteiger partial charge in [-0.05, 0) is 30.3 Å². The number of aliphatic hydroxyl groups is 1. The van der Waals surface area contributed by atoms with Gasteiger partial charge in [0.25, 0.3) is 5.69 Å². The normalized spacial score (nSPS) is 12.2. The number of nitrogens with zero attached hydrogens (tertiary/aromatic N) is 2. The lowest BCUT2D eigenvalue weighted by atomic mass is 10.1. The first-order valence-corrected chi connectivity index (χ1v) is 7.23. The number of likely N-dealkylation sites (N-methyl/N-ethyl adjacent to an activating group) is 1. The number of methoxy groups -OCH3 is 1. The van der Waals surface area contributed by atoms with E-state index in [1.165, 1.54) is 12.1 Å². The first-order valence-electron chi connectivity index (χ1n) is 7.23. The van der Waals surface area contributed by atoms with E-state index in [2.05, 4.69) is 0 Å². The molecule has 6 heteroatoms. The lowest BCUT2D eigenvalue weighted by Crippen LogP contribution is -2.24. The Morgan fingerprint density at radius 3 is 2.57 bits per heavy atom. The van der Waals surface area contributed by atoms with Crippen molar-refractivity contribution in [3.05, 3.63) is 69.8 Å². The van der Waals surface area contributed by atoms with Crippen LogP contribution in [0.25, 0.3) is 0 Å². The average Bonchev–Trinajstić information content (AvgIpc) is 2.55. The van der Waals surface area contributed by atoms with E-state index < -0.39 is 11.0 Å². The van der Waals surface area contributed by atoms with Gasteiger partial charge < -0.3 is 9.84 Å². The minimum Gasteiger partial charge on any atom is -0.497 e. The summed E-state index contributed by atoms with van der Waals surface area (Å²) in [7, 11) is 3.52. The van der Waals surface area contributed by atoms with Crippen LogP contribution in [-0.2, 0) is 6.54 Å². The predicted octanol–water partition coefficient (Wildman–Crippen LogP) is 2.77. The van der Waals surface area contributed by atoms with E-state index in [0.717, 1.165) is 11.3 Å². The fourth-order valence-electron chi connectivity index (χ4n) is 2.35. The Morgan fingerprint density at radius 2 is 1.96 bits per heavy atom. The zero-order valence-corrected chi connectivity index (χ0v) is 13.2. The summed E-state index contributed by atoms with van der Waals surface area (Å²) in [5.74, 6) is 0.799. The number of hydrogen-bond donors (Lipinski definition) is 1. The predicted molar refractivity (Wildman–Crippen MR) is 87.4 cm³/mol. The van der Waals surface area contributed by atoms with Crippen molar-refractivity contribution in [1.29, 1.82) is 0 Å². The number of ether oxygens (including phenoxy) is 1. The smallest absolute Gasteiger partial charge is 0.269 e. The molecule has 0 saturated carbocycles. The third kappa shape index (κ3) is 4.77. The van der Waals surface area contributed by atoms with Crippen molar-refractivity contribution in [2.24, 2.45) is 0 Å². The van der Waals surface area contributed by atoms with Gasteiger partial charge in [0.1, 0.15) is 5.75 Å². The van der Waals surface area contributed by atoms with Gasteiger partial charge in [-0.1, -0.05) is 24.3 Å². The summed E-state index contributed by atoms with van der Waals surface area (Å²) in [6, 6.07) is 13.8. The molecule has 1 atom stereocenters. The SMILES string of the molecule is COc1ccc(CN(C)CC(O)c2cccc([N+](=O)[O-])c2)cc1. The highest BCUT2D eigenvalue weighted by atomic mass is 16.6. The quantitative estimate of drug-likeness (QED) is 0.628. The Morgan fingerprint density at radius 1 is 1.26 bits per heavy atom. The molecule has 23 heavy (non-hydrogen) atoms. The van der Waals surface area contributed by atoms with Gasteiger partial charge in [0.05, 0.1) is 18.1 Å². The second-order valence-electron chi connectivity index (χ2n) is 5.41. The highest BCUT2D eigenvalue weighted by molar-refractivity contribution is 5.35. The van der Waals surface area contributed by atoms with Crippen molar-refractivity contribution >= 4 is 5.69 Å². The zero-order chi connectivity index (χ0) is 16.8. The molecule has 0 aromatic heterocycles. The lowest BCUT2D eigenvalue weighted by Gasteiger charge is -2.21. The van der Waals surface area contributed by atoms with Gasteiger partial charge in [-0.15, -0.1) is 0 Å². The highest BCUT2D eigenvalue weighted by Crippen LogP contribution is 2.20. The molecule has 0 fully saturated rings. The maximum Gasteiger partial charge on any atom is 0.269 e. The average molecular weight is 316 g/mol. The van der Waals surface area contributed by atoms with Gasteiger partial charge in [0, 0.05) is 25.2 Å². The van der Waals surface area contributed by atoms with Crippen molar-refractivity contribution in [3.63, 3.8) is 0 Å². The van der Waals surface area contributed by atoms with E-state index in [9.17, 15) is 15.2 Å². The number of benzene rings is 2. The van der Waals surface area contributed by atoms with Crippen LogP contribution in [0.4, 0.5) is 5.69 Å². The molecule has 122 valence electrons. The van der Waals surface area contributed by atoms with Crippen molar-refractivity contribution in [2.75, 3.05) is 20.7 Å². The fraction of sp³-hybridized carbons (Fsp3) is 0.294. The summed E-state index contributed by atoms with van der Waals surface area (Å²) in [4.78, 5) is 12.3. The summed E-state index contributed by atoms with van der Waals surface area (Å²) in [5, 5.41) is 21.1. The molecule has 2 aromatic rings. The molecule has 0 bridgehead atoms. The molecule has 0 aliphatic rings. The molecule has 0 heterocycles. The van der Waals surface area contributed by atoms with Crippen LogP contribution in [0.3, 0.4) is 0 Å². The van der Waals surface area contributed by atoms with Gasteiger partial charge in [-0.3, -0.25) is 15.0 Å². The van der Waals surface area contributed by atoms with Gasteiger partial charge in [-0.2, -0.15) is 0 Å². The van der Waals surface area contributed by atoms with E-state index in [0.29, 0.717) is 18.7 Å². The van der Waals surface area contributed by atoms with Crippen molar-refractivity contribution < 1.29 is 14.8 Å². The summed E-state index contributed by atoms with van der Waals surface area (Å²) in [5.41, 5.74) is 1.62. The maximum absolute atomic E-state index is 10.8. The number of nitro benzene ring substituents is 1. The topological polar surface area (TPSA) is 75.8 Å². The minimum atomic E-state index is -0.779. The maximum atomic E-state index is 10.8. The molecule has 0 amide bonds. The van der Waals surface area contributed by atoms with Gasteiger partial charge in [-0.25, -0.2) is 0 Å². The molecule has 6 nitrogen and oxygen atoms in total. The first-order chi connectivity index (χ1) is 11.0. The molecular formula is C17H20N2O4. The Labute approximate surface area is 135 Å². The Bertz CT molecular complexity index is 658. The number of aliphatic hydroxyl groups excluding tert-OH is 1. The summed E-state index contributed by atoms with van der Waals surface area (Å²) >= 11 is 0. The molecule has 0 aliphatic heterocycles. The van der Waals surface area contributed by atoms with Crippen molar-refractivity contribution in [1.82, 2.24) is 4.90 Å². The molecule has 0 aliphatic carbocycles. The van der Waals surface area contributed by atoms with Crippen LogP contribution >= 0.6 is 0 Å². The summed E-state index contributed by atoms with van der Waals surface area (Å²) < 4.78 is 5.12. The van der Waals surface area contributed by atoms with E-state index in [4.69, 9.17) is 4.74 Å². The third-order valence-electron chi connectivity index (χ3n) is 3.56.